The molecule has 1 aliphatic heterocycles. The average Bonchev–Trinajstić information content (AvgIpc) is 2.98. The minimum absolute atomic E-state index is 0.0935. The van der Waals surface area contributed by atoms with E-state index in [0.717, 1.165) is 5.56 Å². The van der Waals surface area contributed by atoms with E-state index in [1.54, 1.807) is 13.8 Å². The fourth-order valence-electron chi connectivity index (χ4n) is 3.40. The van der Waals surface area contributed by atoms with Gasteiger partial charge in [-0.1, -0.05) is 44.2 Å². The van der Waals surface area contributed by atoms with Gasteiger partial charge < -0.3 is 16.2 Å². The van der Waals surface area contributed by atoms with Gasteiger partial charge in [0, 0.05) is 24.9 Å². The van der Waals surface area contributed by atoms with Crippen LogP contribution in [-0.4, -0.2) is 46.6 Å². The highest BCUT2D eigenvalue weighted by atomic mass is 16.3. The molecule has 2 atom stereocenters. The molecule has 1 saturated heterocycles. The van der Waals surface area contributed by atoms with Gasteiger partial charge in [-0.3, -0.25) is 14.5 Å². The molecule has 0 spiro atoms. The van der Waals surface area contributed by atoms with E-state index in [4.69, 9.17) is 5.73 Å². The van der Waals surface area contributed by atoms with Gasteiger partial charge in [0.1, 0.15) is 5.54 Å². The van der Waals surface area contributed by atoms with Crippen molar-refractivity contribution in [2.45, 2.75) is 51.2 Å². The Labute approximate surface area is 160 Å². The summed E-state index contributed by atoms with van der Waals surface area (Å²) in [5, 5.41) is 22.5. The summed E-state index contributed by atoms with van der Waals surface area (Å²) in [6, 6.07) is 11.5. The molecule has 0 bridgehead atoms. The van der Waals surface area contributed by atoms with E-state index >= 15 is 0 Å². The number of carbonyl (C=O) groups excluding carboxylic acids is 2. The number of nitrogens with one attached hydrogen (secondary N) is 1. The first kappa shape index (κ1) is 20.9. The van der Waals surface area contributed by atoms with Gasteiger partial charge in [-0.05, 0) is 18.4 Å². The maximum Gasteiger partial charge on any atom is 0.223 e. The van der Waals surface area contributed by atoms with Crippen LogP contribution < -0.4 is 11.1 Å². The van der Waals surface area contributed by atoms with Crippen LogP contribution in [0.5, 0.6) is 0 Å². The number of carbonyl (C=O) groups is 2. The molecule has 0 aliphatic carbocycles. The number of likely N-dealkylation sites (tertiary alicyclic amines) is 1. The zero-order chi connectivity index (χ0) is 20.1. The van der Waals surface area contributed by atoms with Gasteiger partial charge in [-0.25, -0.2) is 0 Å². The smallest absolute Gasteiger partial charge is 0.223 e. The van der Waals surface area contributed by atoms with Gasteiger partial charge >= 0.3 is 0 Å². The zero-order valence-electron chi connectivity index (χ0n) is 15.9. The van der Waals surface area contributed by atoms with Gasteiger partial charge in [-0.2, -0.15) is 5.26 Å². The summed E-state index contributed by atoms with van der Waals surface area (Å²) in [6.45, 7) is 4.35. The average molecular weight is 372 g/mol. The lowest BCUT2D eigenvalue weighted by molar-refractivity contribution is -0.127. The largest absolute Gasteiger partial charge is 0.395 e. The van der Waals surface area contributed by atoms with Crippen LogP contribution in [0.4, 0.5) is 0 Å². The molecule has 1 aliphatic rings. The number of aliphatic hydroxyl groups excluding tert-OH is 1. The lowest BCUT2D eigenvalue weighted by Crippen LogP contribution is -2.57. The minimum Gasteiger partial charge on any atom is -0.395 e. The standard InChI is InChI=1S/C20H28N4O3/c1-19(2,18(22)27)9-8-17(26)23-20(14-21)10-11-24(16(20)13-25)12-15-6-4-3-5-7-15/h3-7,16,25H,8-13H2,1-2H3,(H2,22,27)(H,23,26). The monoisotopic (exact) mass is 372 g/mol. The van der Waals surface area contributed by atoms with Crippen LogP contribution in [0.1, 0.15) is 38.7 Å². The first-order valence-electron chi connectivity index (χ1n) is 9.15. The number of hydrogen-bond donors (Lipinski definition) is 3. The van der Waals surface area contributed by atoms with E-state index in [-0.39, 0.29) is 18.9 Å². The molecule has 0 aromatic heterocycles. The Hall–Kier alpha value is -2.43. The molecule has 1 fully saturated rings. The van der Waals surface area contributed by atoms with Crippen molar-refractivity contribution < 1.29 is 14.7 Å². The summed E-state index contributed by atoms with van der Waals surface area (Å²) in [5.74, 6) is -0.778. The van der Waals surface area contributed by atoms with Crippen molar-refractivity contribution in [3.8, 4) is 6.07 Å². The number of nitriles is 1. The molecule has 1 aromatic carbocycles. The van der Waals surface area contributed by atoms with Crippen molar-refractivity contribution in [3.63, 3.8) is 0 Å². The molecule has 2 amide bonds. The van der Waals surface area contributed by atoms with E-state index in [0.29, 0.717) is 25.9 Å². The number of nitrogens with two attached hydrogens (primary N) is 1. The second kappa shape index (κ2) is 8.51. The van der Waals surface area contributed by atoms with Crippen LogP contribution in [-0.2, 0) is 16.1 Å². The number of benzene rings is 1. The second-order valence-electron chi connectivity index (χ2n) is 7.78. The molecule has 2 rings (SSSR count). The van der Waals surface area contributed by atoms with Crippen molar-refractivity contribution in [1.29, 1.82) is 5.26 Å². The molecule has 146 valence electrons. The molecular formula is C20H28N4O3. The number of hydrogen-bond acceptors (Lipinski definition) is 5. The molecule has 7 heteroatoms. The van der Waals surface area contributed by atoms with Gasteiger partial charge in [0.15, 0.2) is 0 Å². The Morgan fingerprint density at radius 1 is 1.41 bits per heavy atom. The summed E-state index contributed by atoms with van der Waals surface area (Å²) in [5.41, 5.74) is 4.50. The Kier molecular flexibility index (Phi) is 6.58. The number of rotatable bonds is 8. The first-order chi connectivity index (χ1) is 12.7. The minimum atomic E-state index is -1.14. The maximum atomic E-state index is 12.4. The summed E-state index contributed by atoms with van der Waals surface area (Å²) in [4.78, 5) is 25.9. The third-order valence-corrected chi connectivity index (χ3v) is 5.41. The molecule has 7 nitrogen and oxygen atoms in total. The normalized spacial score (nSPS) is 23.0. The van der Waals surface area contributed by atoms with Crippen molar-refractivity contribution in [1.82, 2.24) is 10.2 Å². The first-order valence-corrected chi connectivity index (χ1v) is 9.15. The summed E-state index contributed by atoms with van der Waals surface area (Å²) in [7, 11) is 0. The maximum absolute atomic E-state index is 12.4. The molecule has 2 unspecified atom stereocenters. The van der Waals surface area contributed by atoms with Crippen LogP contribution in [0, 0.1) is 16.7 Å². The van der Waals surface area contributed by atoms with Crippen molar-refractivity contribution in [2.24, 2.45) is 11.1 Å². The van der Waals surface area contributed by atoms with Crippen LogP contribution in [0.3, 0.4) is 0 Å². The highest BCUT2D eigenvalue weighted by Gasteiger charge is 2.48. The number of primary amides is 1. The Bertz CT molecular complexity index is 714. The summed E-state index contributed by atoms with van der Waals surface area (Å²) < 4.78 is 0. The molecule has 1 aromatic rings. The van der Waals surface area contributed by atoms with Crippen LogP contribution in [0.15, 0.2) is 30.3 Å². The Morgan fingerprint density at radius 2 is 2.07 bits per heavy atom. The molecule has 0 radical (unpaired) electrons. The molecule has 27 heavy (non-hydrogen) atoms. The highest BCUT2D eigenvalue weighted by Crippen LogP contribution is 2.30. The van der Waals surface area contributed by atoms with E-state index in [1.807, 2.05) is 35.2 Å². The van der Waals surface area contributed by atoms with Crippen LogP contribution in [0.25, 0.3) is 0 Å². The molecule has 4 N–H and O–H groups in total. The van der Waals surface area contributed by atoms with Gasteiger partial charge in [0.25, 0.3) is 0 Å². The summed E-state index contributed by atoms with van der Waals surface area (Å²) >= 11 is 0. The highest BCUT2D eigenvalue weighted by molar-refractivity contribution is 5.82. The topological polar surface area (TPSA) is 119 Å². The zero-order valence-corrected chi connectivity index (χ0v) is 15.9. The lowest BCUT2D eigenvalue weighted by atomic mass is 9.86. The molecule has 0 saturated carbocycles. The van der Waals surface area contributed by atoms with Gasteiger partial charge in [0.2, 0.25) is 11.8 Å². The Balaban J connectivity index is 2.05. The van der Waals surface area contributed by atoms with Crippen LogP contribution in [0.2, 0.25) is 0 Å². The van der Waals surface area contributed by atoms with Crippen molar-refractivity contribution in [2.75, 3.05) is 13.2 Å². The fourth-order valence-corrected chi connectivity index (χ4v) is 3.40. The summed E-state index contributed by atoms with van der Waals surface area (Å²) in [6.07, 6.45) is 0.829. The van der Waals surface area contributed by atoms with E-state index in [9.17, 15) is 20.0 Å². The quantitative estimate of drug-likeness (QED) is 0.627. The van der Waals surface area contributed by atoms with Gasteiger partial charge in [0.05, 0.1) is 18.7 Å². The third kappa shape index (κ3) is 4.85. The molecular weight excluding hydrogens is 344 g/mol. The van der Waals surface area contributed by atoms with E-state index in [2.05, 4.69) is 11.4 Å². The lowest BCUT2D eigenvalue weighted by Gasteiger charge is -2.33. The van der Waals surface area contributed by atoms with Crippen molar-refractivity contribution in [3.05, 3.63) is 35.9 Å². The third-order valence-electron chi connectivity index (χ3n) is 5.41. The van der Waals surface area contributed by atoms with Crippen LogP contribution >= 0.6 is 0 Å². The molecule has 1 heterocycles. The fraction of sp³-hybridized carbons (Fsp3) is 0.550. The number of amides is 2. The number of nitrogens with zero attached hydrogens (tertiary/aromatic N) is 2. The Morgan fingerprint density at radius 3 is 2.63 bits per heavy atom. The van der Waals surface area contributed by atoms with Gasteiger partial charge in [-0.15, -0.1) is 0 Å². The number of aliphatic hydroxyl groups is 1. The second-order valence-corrected chi connectivity index (χ2v) is 7.78. The predicted octanol–water partition coefficient (Wildman–Crippen LogP) is 0.923. The SMILES string of the molecule is CC(C)(CCC(=O)NC1(C#N)CCN(Cc2ccccc2)C1CO)C(N)=O. The van der Waals surface area contributed by atoms with E-state index < -0.39 is 22.9 Å². The van der Waals surface area contributed by atoms with E-state index in [1.165, 1.54) is 0 Å². The predicted molar refractivity (Wildman–Crippen MR) is 101 cm³/mol. The van der Waals surface area contributed by atoms with Crippen molar-refractivity contribution >= 4 is 11.8 Å².